The summed E-state index contributed by atoms with van der Waals surface area (Å²) in [6, 6.07) is 10.2. The van der Waals surface area contributed by atoms with Gasteiger partial charge in [-0.2, -0.15) is 0 Å². The number of aromatic nitrogens is 3. The molecule has 0 aliphatic rings. The Morgan fingerprint density at radius 2 is 2.05 bits per heavy atom. The Kier molecular flexibility index (Phi) is 4.12. The fourth-order valence-electron chi connectivity index (χ4n) is 2.39. The van der Waals surface area contributed by atoms with Gasteiger partial charge in [-0.3, -0.25) is 0 Å². The second-order valence-electron chi connectivity index (χ2n) is 4.88. The van der Waals surface area contributed by atoms with E-state index in [1.54, 1.807) is 6.20 Å². The first-order valence-corrected chi connectivity index (χ1v) is 7.08. The van der Waals surface area contributed by atoms with Gasteiger partial charge in [0.2, 0.25) is 5.95 Å². The molecule has 1 aromatic carbocycles. The van der Waals surface area contributed by atoms with Crippen LogP contribution in [0.3, 0.4) is 0 Å². The lowest BCUT2D eigenvalue weighted by molar-refractivity contribution is 0.311. The SMILES string of the molecule is OCCNc1nccc(CCc2c[nH]c3ccccc23)n1. The summed E-state index contributed by atoms with van der Waals surface area (Å²) in [5.74, 6) is 0.570. The molecule has 0 atom stereocenters. The molecule has 0 bridgehead atoms. The number of fused-ring (bicyclic) bond motifs is 1. The van der Waals surface area contributed by atoms with Gasteiger partial charge in [0, 0.05) is 35.5 Å². The summed E-state index contributed by atoms with van der Waals surface area (Å²) < 4.78 is 0. The number of aliphatic hydroxyl groups excluding tert-OH is 1. The largest absolute Gasteiger partial charge is 0.395 e. The fraction of sp³-hybridized carbons (Fsp3) is 0.250. The van der Waals surface area contributed by atoms with Gasteiger partial charge in [-0.25, -0.2) is 9.97 Å². The number of aliphatic hydroxyl groups is 1. The summed E-state index contributed by atoms with van der Waals surface area (Å²) in [5.41, 5.74) is 3.46. The molecule has 0 amide bonds. The Morgan fingerprint density at radius 3 is 2.95 bits per heavy atom. The molecule has 0 unspecified atom stereocenters. The number of para-hydroxylation sites is 1. The van der Waals surface area contributed by atoms with Gasteiger partial charge in [0.25, 0.3) is 0 Å². The maximum Gasteiger partial charge on any atom is 0.222 e. The third-order valence-corrected chi connectivity index (χ3v) is 3.43. The number of anilines is 1. The summed E-state index contributed by atoms with van der Waals surface area (Å²) in [7, 11) is 0. The van der Waals surface area contributed by atoms with E-state index < -0.39 is 0 Å². The van der Waals surface area contributed by atoms with E-state index in [2.05, 4.69) is 44.7 Å². The zero-order chi connectivity index (χ0) is 14.5. The molecule has 2 heterocycles. The second-order valence-corrected chi connectivity index (χ2v) is 4.88. The van der Waals surface area contributed by atoms with Gasteiger partial charge in [0.1, 0.15) is 0 Å². The molecule has 0 saturated heterocycles. The standard InChI is InChI=1S/C16H18N4O/c21-10-9-18-16-17-8-7-13(20-16)6-5-12-11-19-15-4-2-1-3-14(12)15/h1-4,7-8,11,19,21H,5-6,9-10H2,(H,17,18,20). The van der Waals surface area contributed by atoms with Crippen LogP contribution in [0.25, 0.3) is 10.9 Å². The normalized spacial score (nSPS) is 10.9. The van der Waals surface area contributed by atoms with Crippen molar-refractivity contribution < 1.29 is 5.11 Å². The van der Waals surface area contributed by atoms with Crippen LogP contribution in [-0.2, 0) is 12.8 Å². The van der Waals surface area contributed by atoms with Crippen LogP contribution in [0.2, 0.25) is 0 Å². The van der Waals surface area contributed by atoms with E-state index in [4.69, 9.17) is 5.11 Å². The second kappa shape index (κ2) is 6.37. The van der Waals surface area contributed by atoms with E-state index >= 15 is 0 Å². The van der Waals surface area contributed by atoms with Crippen LogP contribution < -0.4 is 5.32 Å². The molecule has 3 N–H and O–H groups in total. The first-order chi connectivity index (χ1) is 10.4. The lowest BCUT2D eigenvalue weighted by Crippen LogP contribution is -2.09. The predicted octanol–water partition coefficient (Wildman–Crippen LogP) is 2.15. The smallest absolute Gasteiger partial charge is 0.222 e. The van der Waals surface area contributed by atoms with Crippen LogP contribution >= 0.6 is 0 Å². The number of aromatic amines is 1. The quantitative estimate of drug-likeness (QED) is 0.647. The number of nitrogens with one attached hydrogen (secondary N) is 2. The van der Waals surface area contributed by atoms with Crippen LogP contribution in [-0.4, -0.2) is 33.2 Å². The summed E-state index contributed by atoms with van der Waals surface area (Å²) in [5, 5.41) is 13.1. The topological polar surface area (TPSA) is 73.8 Å². The average Bonchev–Trinajstić information content (AvgIpc) is 2.95. The van der Waals surface area contributed by atoms with Gasteiger partial charge in [-0.15, -0.1) is 0 Å². The predicted molar refractivity (Wildman–Crippen MR) is 83.3 cm³/mol. The Balaban J connectivity index is 1.70. The summed E-state index contributed by atoms with van der Waals surface area (Å²) in [6.45, 7) is 0.537. The van der Waals surface area contributed by atoms with Gasteiger partial charge >= 0.3 is 0 Å². The van der Waals surface area contributed by atoms with Crippen molar-refractivity contribution in [3.8, 4) is 0 Å². The van der Waals surface area contributed by atoms with Crippen molar-refractivity contribution in [3.63, 3.8) is 0 Å². The van der Waals surface area contributed by atoms with E-state index in [9.17, 15) is 0 Å². The lowest BCUT2D eigenvalue weighted by Gasteiger charge is -2.05. The fourth-order valence-corrected chi connectivity index (χ4v) is 2.39. The first kappa shape index (κ1) is 13.6. The number of aryl methyl sites for hydroxylation is 2. The Hall–Kier alpha value is -2.40. The molecule has 5 heteroatoms. The summed E-state index contributed by atoms with van der Waals surface area (Å²) in [4.78, 5) is 11.9. The molecular weight excluding hydrogens is 264 g/mol. The van der Waals surface area contributed by atoms with Crippen molar-refractivity contribution in [3.05, 3.63) is 54.0 Å². The minimum absolute atomic E-state index is 0.0723. The minimum Gasteiger partial charge on any atom is -0.395 e. The van der Waals surface area contributed by atoms with Crippen LogP contribution in [0, 0.1) is 0 Å². The Labute approximate surface area is 123 Å². The molecule has 0 spiro atoms. The maximum atomic E-state index is 8.80. The number of nitrogens with zero attached hydrogens (tertiary/aromatic N) is 2. The van der Waals surface area contributed by atoms with Crippen molar-refractivity contribution >= 4 is 16.9 Å². The molecule has 3 rings (SSSR count). The van der Waals surface area contributed by atoms with Crippen molar-refractivity contribution in [2.75, 3.05) is 18.5 Å². The van der Waals surface area contributed by atoms with Gasteiger partial charge in [-0.05, 0) is 30.5 Å². The monoisotopic (exact) mass is 282 g/mol. The molecule has 3 aromatic rings. The molecule has 0 saturated carbocycles. The van der Waals surface area contributed by atoms with Crippen LogP contribution in [0.5, 0.6) is 0 Å². The van der Waals surface area contributed by atoms with E-state index in [0.29, 0.717) is 12.5 Å². The molecule has 5 nitrogen and oxygen atoms in total. The molecule has 108 valence electrons. The van der Waals surface area contributed by atoms with Gasteiger partial charge in [0.15, 0.2) is 0 Å². The molecule has 0 aliphatic carbocycles. The maximum absolute atomic E-state index is 8.80. The molecule has 0 fully saturated rings. The lowest BCUT2D eigenvalue weighted by atomic mass is 10.1. The molecule has 0 radical (unpaired) electrons. The first-order valence-electron chi connectivity index (χ1n) is 7.08. The summed E-state index contributed by atoms with van der Waals surface area (Å²) in [6.07, 6.45) is 5.60. The van der Waals surface area contributed by atoms with E-state index in [-0.39, 0.29) is 6.61 Å². The highest BCUT2D eigenvalue weighted by atomic mass is 16.3. The third kappa shape index (κ3) is 3.20. The molecule has 21 heavy (non-hydrogen) atoms. The highest BCUT2D eigenvalue weighted by Crippen LogP contribution is 2.19. The van der Waals surface area contributed by atoms with Crippen molar-refractivity contribution in [2.45, 2.75) is 12.8 Å². The molecule has 0 aliphatic heterocycles. The van der Waals surface area contributed by atoms with Crippen molar-refractivity contribution in [1.29, 1.82) is 0 Å². The molecular formula is C16H18N4O. The van der Waals surface area contributed by atoms with Gasteiger partial charge in [0.05, 0.1) is 6.61 Å². The summed E-state index contributed by atoms with van der Waals surface area (Å²) >= 11 is 0. The van der Waals surface area contributed by atoms with Gasteiger partial charge < -0.3 is 15.4 Å². The third-order valence-electron chi connectivity index (χ3n) is 3.43. The Bertz CT molecular complexity index is 723. The molecule has 2 aromatic heterocycles. The number of hydrogen-bond donors (Lipinski definition) is 3. The number of hydrogen-bond acceptors (Lipinski definition) is 4. The number of benzene rings is 1. The van der Waals surface area contributed by atoms with E-state index in [1.807, 2.05) is 12.1 Å². The van der Waals surface area contributed by atoms with Crippen LogP contribution in [0.4, 0.5) is 5.95 Å². The van der Waals surface area contributed by atoms with Gasteiger partial charge in [-0.1, -0.05) is 18.2 Å². The minimum atomic E-state index is 0.0723. The zero-order valence-corrected chi connectivity index (χ0v) is 11.7. The van der Waals surface area contributed by atoms with E-state index in [1.165, 1.54) is 16.5 Å². The zero-order valence-electron chi connectivity index (χ0n) is 11.7. The van der Waals surface area contributed by atoms with Crippen molar-refractivity contribution in [2.24, 2.45) is 0 Å². The van der Waals surface area contributed by atoms with Crippen LogP contribution in [0.1, 0.15) is 11.3 Å². The Morgan fingerprint density at radius 1 is 1.14 bits per heavy atom. The van der Waals surface area contributed by atoms with Crippen LogP contribution in [0.15, 0.2) is 42.7 Å². The van der Waals surface area contributed by atoms with Crippen molar-refractivity contribution in [1.82, 2.24) is 15.0 Å². The number of H-pyrrole nitrogens is 1. The highest BCUT2D eigenvalue weighted by molar-refractivity contribution is 5.83. The number of rotatable bonds is 6. The highest BCUT2D eigenvalue weighted by Gasteiger charge is 2.04. The van der Waals surface area contributed by atoms with E-state index in [0.717, 1.165) is 18.5 Å². The average molecular weight is 282 g/mol.